The van der Waals surface area contributed by atoms with Crippen LogP contribution in [0.2, 0.25) is 0 Å². The number of ether oxygens (including phenoxy) is 1. The minimum atomic E-state index is -0.492. The van der Waals surface area contributed by atoms with E-state index in [2.05, 4.69) is 4.98 Å². The van der Waals surface area contributed by atoms with Gasteiger partial charge in [-0.15, -0.1) is 11.3 Å². The summed E-state index contributed by atoms with van der Waals surface area (Å²) in [7, 11) is 1.67. The Morgan fingerprint density at radius 2 is 2.12 bits per heavy atom. The second kappa shape index (κ2) is 5.75. The molecule has 0 aliphatic heterocycles. The van der Waals surface area contributed by atoms with Gasteiger partial charge in [-0.25, -0.2) is 4.98 Å². The van der Waals surface area contributed by atoms with Crippen molar-refractivity contribution >= 4 is 11.3 Å². The lowest BCUT2D eigenvalue weighted by molar-refractivity contribution is -0.107. The van der Waals surface area contributed by atoms with Crippen LogP contribution in [0.3, 0.4) is 0 Å². The van der Waals surface area contributed by atoms with Crippen LogP contribution in [0, 0.1) is 6.92 Å². The molecule has 16 heavy (non-hydrogen) atoms. The zero-order valence-corrected chi connectivity index (χ0v) is 11.3. The number of hydrogen-bond acceptors (Lipinski definition) is 4. The van der Waals surface area contributed by atoms with Crippen LogP contribution in [0.25, 0.3) is 0 Å². The van der Waals surface area contributed by atoms with Gasteiger partial charge in [-0.2, -0.15) is 0 Å². The van der Waals surface area contributed by atoms with Gasteiger partial charge in [0.05, 0.1) is 22.4 Å². The number of methoxy groups -OCH3 is 1. The number of aromatic nitrogens is 1. The van der Waals surface area contributed by atoms with Gasteiger partial charge in [-0.05, 0) is 19.8 Å². The molecular formula is C12H21NO2S. The Morgan fingerprint density at radius 3 is 2.50 bits per heavy atom. The molecule has 1 aromatic rings. The molecule has 1 aromatic heterocycles. The van der Waals surface area contributed by atoms with Gasteiger partial charge in [0.2, 0.25) is 0 Å². The Labute approximate surface area is 101 Å². The second-order valence-corrected chi connectivity index (χ2v) is 5.12. The first-order valence-corrected chi connectivity index (χ1v) is 6.60. The van der Waals surface area contributed by atoms with Crippen LogP contribution in [0.15, 0.2) is 5.38 Å². The van der Waals surface area contributed by atoms with Crippen molar-refractivity contribution in [3.05, 3.63) is 16.1 Å². The molecular weight excluding hydrogens is 222 g/mol. The second-order valence-electron chi connectivity index (χ2n) is 4.05. The summed E-state index contributed by atoms with van der Waals surface area (Å²) in [5, 5.41) is 13.3. The smallest absolute Gasteiger partial charge is 0.0935 e. The van der Waals surface area contributed by atoms with Crippen molar-refractivity contribution in [1.82, 2.24) is 4.98 Å². The Balaban J connectivity index is 2.72. The molecule has 1 atom stereocenters. The molecule has 0 aromatic carbocycles. The summed E-state index contributed by atoms with van der Waals surface area (Å²) in [4.78, 5) is 4.37. The maximum atomic E-state index is 10.3. The molecule has 1 heterocycles. The summed E-state index contributed by atoms with van der Waals surface area (Å²) >= 11 is 1.62. The molecule has 4 heteroatoms. The van der Waals surface area contributed by atoms with Gasteiger partial charge < -0.3 is 9.84 Å². The van der Waals surface area contributed by atoms with Crippen LogP contribution < -0.4 is 0 Å². The predicted molar refractivity (Wildman–Crippen MR) is 66.9 cm³/mol. The van der Waals surface area contributed by atoms with E-state index >= 15 is 0 Å². The van der Waals surface area contributed by atoms with Crippen LogP contribution >= 0.6 is 11.3 Å². The van der Waals surface area contributed by atoms with Crippen LogP contribution in [-0.4, -0.2) is 28.9 Å². The monoisotopic (exact) mass is 243 g/mol. The number of hydrogen-bond donors (Lipinski definition) is 1. The highest BCUT2D eigenvalue weighted by Gasteiger charge is 2.34. The van der Waals surface area contributed by atoms with Crippen LogP contribution in [0.1, 0.15) is 37.4 Å². The summed E-state index contributed by atoms with van der Waals surface area (Å²) in [6.07, 6.45) is 1.70. The van der Waals surface area contributed by atoms with Gasteiger partial charge in [0, 0.05) is 18.9 Å². The Bertz CT molecular complexity index is 312. The third-order valence-electron chi connectivity index (χ3n) is 3.28. The van der Waals surface area contributed by atoms with Crippen molar-refractivity contribution < 1.29 is 9.84 Å². The molecule has 0 radical (unpaired) electrons. The standard InChI is InChI=1S/C12H21NO2S/c1-5-12(6-2,15-4)11(14)7-10-8-16-9(3)13-10/h8,11,14H,5-7H2,1-4H3. The molecule has 3 nitrogen and oxygen atoms in total. The van der Waals surface area contributed by atoms with Gasteiger partial charge in [0.15, 0.2) is 0 Å². The largest absolute Gasteiger partial charge is 0.390 e. The molecule has 0 spiro atoms. The van der Waals surface area contributed by atoms with Gasteiger partial charge in [0.25, 0.3) is 0 Å². The van der Waals surface area contributed by atoms with E-state index in [9.17, 15) is 5.11 Å². The molecule has 0 aliphatic rings. The fourth-order valence-corrected chi connectivity index (χ4v) is 2.66. The number of aliphatic hydroxyl groups is 1. The van der Waals surface area contributed by atoms with E-state index in [1.54, 1.807) is 18.4 Å². The molecule has 92 valence electrons. The fraction of sp³-hybridized carbons (Fsp3) is 0.750. The van der Waals surface area contributed by atoms with Crippen molar-refractivity contribution in [3.8, 4) is 0 Å². The average Bonchev–Trinajstić information content (AvgIpc) is 2.67. The number of thiazole rings is 1. The maximum Gasteiger partial charge on any atom is 0.0935 e. The Hall–Kier alpha value is -0.450. The topological polar surface area (TPSA) is 42.4 Å². The maximum absolute atomic E-state index is 10.3. The third kappa shape index (κ3) is 2.81. The molecule has 0 fully saturated rings. The van der Waals surface area contributed by atoms with Gasteiger partial charge in [-0.3, -0.25) is 0 Å². The quantitative estimate of drug-likeness (QED) is 0.835. The number of rotatable bonds is 6. The molecule has 1 rings (SSSR count). The van der Waals surface area contributed by atoms with Crippen LogP contribution in [0.4, 0.5) is 0 Å². The summed E-state index contributed by atoms with van der Waals surface area (Å²) in [6, 6.07) is 0. The SMILES string of the molecule is CCC(CC)(OC)C(O)Cc1csc(C)n1. The molecule has 1 N–H and O–H groups in total. The molecule has 0 bridgehead atoms. The van der Waals surface area contributed by atoms with Crippen molar-refractivity contribution in [2.75, 3.05) is 7.11 Å². The molecule has 1 unspecified atom stereocenters. The zero-order valence-electron chi connectivity index (χ0n) is 10.5. The molecule has 0 saturated heterocycles. The molecule has 0 saturated carbocycles. The summed E-state index contributed by atoms with van der Waals surface area (Å²) in [6.45, 7) is 6.06. The van der Waals surface area contributed by atoms with E-state index in [1.165, 1.54) is 0 Å². The van der Waals surface area contributed by atoms with E-state index < -0.39 is 11.7 Å². The van der Waals surface area contributed by atoms with Crippen molar-refractivity contribution in [2.45, 2.75) is 51.7 Å². The first-order chi connectivity index (χ1) is 7.57. The van der Waals surface area contributed by atoms with Gasteiger partial charge in [0.1, 0.15) is 0 Å². The van der Waals surface area contributed by atoms with Gasteiger partial charge >= 0.3 is 0 Å². The van der Waals surface area contributed by atoms with Gasteiger partial charge in [-0.1, -0.05) is 13.8 Å². The fourth-order valence-electron chi connectivity index (χ4n) is 2.03. The first kappa shape index (κ1) is 13.6. The van der Waals surface area contributed by atoms with E-state index in [0.29, 0.717) is 6.42 Å². The van der Waals surface area contributed by atoms with Crippen molar-refractivity contribution in [2.24, 2.45) is 0 Å². The lowest BCUT2D eigenvalue weighted by Gasteiger charge is -2.34. The predicted octanol–water partition coefficient (Wildman–Crippen LogP) is 2.56. The highest BCUT2D eigenvalue weighted by Crippen LogP contribution is 2.26. The van der Waals surface area contributed by atoms with E-state index in [1.807, 2.05) is 26.2 Å². The highest BCUT2D eigenvalue weighted by molar-refractivity contribution is 7.09. The van der Waals surface area contributed by atoms with E-state index in [-0.39, 0.29) is 0 Å². The van der Waals surface area contributed by atoms with E-state index in [4.69, 9.17) is 4.74 Å². The third-order valence-corrected chi connectivity index (χ3v) is 4.10. The van der Waals surface area contributed by atoms with E-state index in [0.717, 1.165) is 23.5 Å². The minimum Gasteiger partial charge on any atom is -0.390 e. The summed E-state index contributed by atoms with van der Waals surface area (Å²) < 4.78 is 5.50. The van der Waals surface area contributed by atoms with Crippen molar-refractivity contribution in [1.29, 1.82) is 0 Å². The lowest BCUT2D eigenvalue weighted by Crippen LogP contribution is -2.44. The Kier molecular flexibility index (Phi) is 4.89. The lowest BCUT2D eigenvalue weighted by atomic mass is 9.88. The van der Waals surface area contributed by atoms with Crippen LogP contribution in [0.5, 0.6) is 0 Å². The summed E-state index contributed by atoms with van der Waals surface area (Å²) in [5.74, 6) is 0. The zero-order chi connectivity index (χ0) is 12.2. The molecule has 0 aliphatic carbocycles. The van der Waals surface area contributed by atoms with Crippen LogP contribution in [-0.2, 0) is 11.2 Å². The molecule has 0 amide bonds. The normalized spacial score (nSPS) is 14.1. The average molecular weight is 243 g/mol. The highest BCUT2D eigenvalue weighted by atomic mass is 32.1. The summed E-state index contributed by atoms with van der Waals surface area (Å²) in [5.41, 5.74) is 0.524. The first-order valence-electron chi connectivity index (χ1n) is 5.72. The number of nitrogens with zero attached hydrogens (tertiary/aromatic N) is 1. The van der Waals surface area contributed by atoms with Crippen molar-refractivity contribution in [3.63, 3.8) is 0 Å². The number of aryl methyl sites for hydroxylation is 1. The number of aliphatic hydroxyl groups excluding tert-OH is 1. The minimum absolute atomic E-state index is 0.433. The Morgan fingerprint density at radius 1 is 1.50 bits per heavy atom.